The summed E-state index contributed by atoms with van der Waals surface area (Å²) in [6, 6.07) is 0. The smallest absolute Gasteiger partial charge is 0.342 e. The highest BCUT2D eigenvalue weighted by Gasteiger charge is 2.33. The largest absolute Gasteiger partial charge is 0.465 e. The average molecular weight is 343 g/mol. The summed E-state index contributed by atoms with van der Waals surface area (Å²) >= 11 is 0. The molecule has 1 aromatic rings. The van der Waals surface area contributed by atoms with Crippen LogP contribution in [-0.2, 0) is 21.3 Å². The van der Waals surface area contributed by atoms with Gasteiger partial charge >= 0.3 is 5.97 Å². The number of hydrogen-bond donors (Lipinski definition) is 0. The van der Waals surface area contributed by atoms with Gasteiger partial charge in [0.25, 0.3) is 10.0 Å². The molecule has 1 aromatic heterocycles. The van der Waals surface area contributed by atoms with Crippen molar-refractivity contribution in [1.29, 1.82) is 0 Å². The summed E-state index contributed by atoms with van der Waals surface area (Å²) < 4.78 is 33.3. The molecule has 2 heterocycles. The second-order valence-corrected chi connectivity index (χ2v) is 8.10. The Hall–Kier alpha value is -1.41. The third-order valence-electron chi connectivity index (χ3n) is 3.97. The van der Waals surface area contributed by atoms with E-state index in [4.69, 9.17) is 4.74 Å². The predicted octanol–water partition coefficient (Wildman–Crippen LogP) is 1.89. The highest BCUT2D eigenvalue weighted by atomic mass is 32.2. The number of esters is 1. The normalized spacial score (nSPS) is 16.7. The minimum absolute atomic E-state index is 0.0156. The minimum atomic E-state index is -3.76. The van der Waals surface area contributed by atoms with E-state index in [0.29, 0.717) is 25.6 Å². The Morgan fingerprint density at radius 1 is 1.30 bits per heavy atom. The number of rotatable bonds is 6. The van der Waals surface area contributed by atoms with Crippen LogP contribution in [0.4, 0.5) is 0 Å². The first-order valence-corrected chi connectivity index (χ1v) is 9.46. The molecule has 1 aliphatic rings. The first-order chi connectivity index (χ1) is 10.9. The Morgan fingerprint density at radius 3 is 2.52 bits per heavy atom. The van der Waals surface area contributed by atoms with E-state index >= 15 is 0 Å². The van der Waals surface area contributed by atoms with E-state index in [1.807, 2.05) is 0 Å². The number of carbonyl (C=O) groups is 1. The van der Waals surface area contributed by atoms with E-state index in [1.165, 1.54) is 22.3 Å². The molecule has 1 saturated heterocycles. The van der Waals surface area contributed by atoms with Crippen molar-refractivity contribution in [3.05, 3.63) is 11.8 Å². The molecule has 8 heteroatoms. The molecule has 2 rings (SSSR count). The molecular formula is C15H25N3O4S. The third-order valence-corrected chi connectivity index (χ3v) is 5.80. The average Bonchev–Trinajstić information content (AvgIpc) is 2.98. The van der Waals surface area contributed by atoms with Gasteiger partial charge in [0.05, 0.1) is 7.11 Å². The second-order valence-electron chi connectivity index (χ2n) is 6.25. The van der Waals surface area contributed by atoms with Gasteiger partial charge in [-0.3, -0.25) is 4.68 Å². The Morgan fingerprint density at radius 2 is 1.96 bits per heavy atom. The highest BCUT2D eigenvalue weighted by molar-refractivity contribution is 7.89. The monoisotopic (exact) mass is 343 g/mol. The molecule has 0 aliphatic carbocycles. The van der Waals surface area contributed by atoms with Crippen LogP contribution in [0.25, 0.3) is 0 Å². The molecule has 0 aromatic carbocycles. The molecule has 0 atom stereocenters. The lowest BCUT2D eigenvalue weighted by Crippen LogP contribution is -2.36. The minimum Gasteiger partial charge on any atom is -0.465 e. The number of sulfonamides is 1. The first-order valence-electron chi connectivity index (χ1n) is 8.02. The molecule has 1 aliphatic heterocycles. The summed E-state index contributed by atoms with van der Waals surface area (Å²) in [5.41, 5.74) is 0.0156. The van der Waals surface area contributed by atoms with Gasteiger partial charge in [0.2, 0.25) is 5.03 Å². The van der Waals surface area contributed by atoms with Gasteiger partial charge in [0.15, 0.2) is 0 Å². The van der Waals surface area contributed by atoms with Crippen molar-refractivity contribution in [3.63, 3.8) is 0 Å². The van der Waals surface area contributed by atoms with Gasteiger partial charge in [0.1, 0.15) is 5.56 Å². The van der Waals surface area contributed by atoms with Crippen molar-refractivity contribution in [1.82, 2.24) is 14.1 Å². The molecular weight excluding hydrogens is 318 g/mol. The summed E-state index contributed by atoms with van der Waals surface area (Å²) in [7, 11) is -2.52. The zero-order valence-corrected chi connectivity index (χ0v) is 14.8. The van der Waals surface area contributed by atoms with Gasteiger partial charge in [-0.2, -0.15) is 9.40 Å². The fourth-order valence-corrected chi connectivity index (χ4v) is 4.18. The Bertz CT molecular complexity index is 646. The van der Waals surface area contributed by atoms with Gasteiger partial charge < -0.3 is 4.74 Å². The van der Waals surface area contributed by atoms with E-state index in [-0.39, 0.29) is 10.6 Å². The lowest BCUT2D eigenvalue weighted by atomic mass is 10.1. The molecule has 7 nitrogen and oxygen atoms in total. The number of ether oxygens (including phenoxy) is 1. The summed E-state index contributed by atoms with van der Waals surface area (Å²) in [4.78, 5) is 12.0. The van der Waals surface area contributed by atoms with Crippen LogP contribution in [0, 0.1) is 5.92 Å². The van der Waals surface area contributed by atoms with E-state index in [0.717, 1.165) is 25.7 Å². The van der Waals surface area contributed by atoms with Gasteiger partial charge in [-0.15, -0.1) is 0 Å². The van der Waals surface area contributed by atoms with Crippen molar-refractivity contribution >= 4 is 16.0 Å². The maximum absolute atomic E-state index is 12.8. The maximum Gasteiger partial charge on any atom is 0.342 e. The van der Waals surface area contributed by atoms with E-state index < -0.39 is 16.0 Å². The quantitative estimate of drug-likeness (QED) is 0.737. The molecule has 0 bridgehead atoms. The molecule has 0 radical (unpaired) electrons. The number of aryl methyl sites for hydroxylation is 1. The Balaban J connectivity index is 2.36. The lowest BCUT2D eigenvalue weighted by Gasteiger charge is -2.25. The van der Waals surface area contributed by atoms with Gasteiger partial charge in [-0.25, -0.2) is 13.2 Å². The van der Waals surface area contributed by atoms with Gasteiger partial charge in [0, 0.05) is 25.8 Å². The first kappa shape index (κ1) is 17.9. The van der Waals surface area contributed by atoms with Crippen LogP contribution < -0.4 is 0 Å². The molecule has 0 spiro atoms. The van der Waals surface area contributed by atoms with E-state index in [2.05, 4.69) is 18.9 Å². The zero-order valence-electron chi connectivity index (χ0n) is 14.0. The molecule has 0 saturated carbocycles. The van der Waals surface area contributed by atoms with Crippen molar-refractivity contribution in [2.45, 2.75) is 51.1 Å². The fraction of sp³-hybridized carbons (Fsp3) is 0.733. The van der Waals surface area contributed by atoms with Crippen LogP contribution in [-0.4, -0.2) is 48.7 Å². The van der Waals surface area contributed by atoms with Crippen molar-refractivity contribution in [3.8, 4) is 0 Å². The summed E-state index contributed by atoms with van der Waals surface area (Å²) in [5, 5.41) is 4.00. The molecule has 0 N–H and O–H groups in total. The molecule has 130 valence electrons. The maximum atomic E-state index is 12.8. The molecule has 23 heavy (non-hydrogen) atoms. The van der Waals surface area contributed by atoms with Crippen molar-refractivity contribution in [2.24, 2.45) is 5.92 Å². The number of methoxy groups -OCH3 is 1. The van der Waals surface area contributed by atoms with Crippen LogP contribution in [0.2, 0.25) is 0 Å². The third kappa shape index (κ3) is 4.11. The zero-order chi connectivity index (χ0) is 17.0. The van der Waals surface area contributed by atoms with Crippen LogP contribution >= 0.6 is 0 Å². The number of piperidine rings is 1. The molecule has 0 amide bonds. The Kier molecular flexibility index (Phi) is 5.80. The number of aromatic nitrogens is 2. The number of nitrogens with zero attached hydrogens (tertiary/aromatic N) is 3. The van der Waals surface area contributed by atoms with Crippen molar-refractivity contribution < 1.29 is 17.9 Å². The molecule has 1 fully saturated rings. The molecule has 0 unspecified atom stereocenters. The second kappa shape index (κ2) is 7.44. The van der Waals surface area contributed by atoms with Crippen LogP contribution in [0.15, 0.2) is 11.2 Å². The van der Waals surface area contributed by atoms with Crippen LogP contribution in [0.5, 0.6) is 0 Å². The fourth-order valence-electron chi connectivity index (χ4n) is 2.58. The van der Waals surface area contributed by atoms with Gasteiger partial charge in [-0.1, -0.05) is 20.3 Å². The topological polar surface area (TPSA) is 81.5 Å². The highest BCUT2D eigenvalue weighted by Crippen LogP contribution is 2.23. The summed E-state index contributed by atoms with van der Waals surface area (Å²) in [6.07, 6.45) is 5.02. The van der Waals surface area contributed by atoms with Crippen LogP contribution in [0.3, 0.4) is 0 Å². The van der Waals surface area contributed by atoms with E-state index in [1.54, 1.807) is 0 Å². The lowest BCUT2D eigenvalue weighted by molar-refractivity contribution is 0.0596. The summed E-state index contributed by atoms with van der Waals surface area (Å²) in [5.74, 6) is -0.209. The van der Waals surface area contributed by atoms with Crippen molar-refractivity contribution in [2.75, 3.05) is 20.2 Å². The van der Waals surface area contributed by atoms with Gasteiger partial charge in [-0.05, 0) is 25.2 Å². The number of carbonyl (C=O) groups excluding carboxylic acids is 1. The standard InChI is InChI=1S/C15H25N3O4S/c1-12(2)7-10-17-11-13(15(19)22-3)14(16-17)23(20,21)18-8-5-4-6-9-18/h11-12H,4-10H2,1-3H3. The SMILES string of the molecule is COC(=O)c1cn(CCC(C)C)nc1S(=O)(=O)N1CCCCC1. The van der Waals surface area contributed by atoms with Crippen LogP contribution in [0.1, 0.15) is 49.9 Å². The van der Waals surface area contributed by atoms with E-state index in [9.17, 15) is 13.2 Å². The Labute approximate surface area is 137 Å². The summed E-state index contributed by atoms with van der Waals surface area (Å²) in [6.45, 7) is 5.67. The number of hydrogen-bond acceptors (Lipinski definition) is 5. The predicted molar refractivity (Wildman–Crippen MR) is 85.6 cm³/mol.